The molecule has 1 aromatic rings. The maximum absolute atomic E-state index is 12.9. The molecule has 1 atom stereocenters. The molecule has 0 spiro atoms. The summed E-state index contributed by atoms with van der Waals surface area (Å²) in [5.74, 6) is 0.747. The lowest BCUT2D eigenvalue weighted by Crippen LogP contribution is -2.57. The number of ether oxygens (including phenoxy) is 2. The lowest BCUT2D eigenvalue weighted by atomic mass is 9.96. The standard InChI is InChI=1S/C17H23NO3/c1-12-17(2,3)20-11-10-18(12)16(19)14-6-4-5-7-15(14)21-13-8-9-13/h4-7,12-13H,8-11H2,1-3H3. The van der Waals surface area contributed by atoms with Gasteiger partial charge in [-0.3, -0.25) is 4.79 Å². The Morgan fingerprint density at radius 1 is 1.33 bits per heavy atom. The van der Waals surface area contributed by atoms with Gasteiger partial charge in [-0.2, -0.15) is 0 Å². The summed E-state index contributed by atoms with van der Waals surface area (Å²) in [7, 11) is 0. The number of benzene rings is 1. The minimum Gasteiger partial charge on any atom is -0.490 e. The van der Waals surface area contributed by atoms with Crippen LogP contribution in [-0.2, 0) is 4.74 Å². The van der Waals surface area contributed by atoms with E-state index in [1.54, 1.807) is 0 Å². The molecular formula is C17H23NO3. The van der Waals surface area contributed by atoms with E-state index in [0.717, 1.165) is 12.8 Å². The third-order valence-corrected chi connectivity index (χ3v) is 4.48. The molecule has 1 unspecified atom stereocenters. The molecule has 21 heavy (non-hydrogen) atoms. The number of hydrogen-bond acceptors (Lipinski definition) is 3. The summed E-state index contributed by atoms with van der Waals surface area (Å²) < 4.78 is 11.7. The zero-order valence-electron chi connectivity index (χ0n) is 13.0. The van der Waals surface area contributed by atoms with E-state index < -0.39 is 0 Å². The summed E-state index contributed by atoms with van der Waals surface area (Å²) in [6.07, 6.45) is 2.46. The summed E-state index contributed by atoms with van der Waals surface area (Å²) in [5.41, 5.74) is 0.342. The maximum atomic E-state index is 12.9. The van der Waals surface area contributed by atoms with Crippen molar-refractivity contribution >= 4 is 5.91 Å². The molecule has 1 aromatic carbocycles. The number of carbonyl (C=O) groups is 1. The topological polar surface area (TPSA) is 38.8 Å². The molecule has 0 N–H and O–H groups in total. The van der Waals surface area contributed by atoms with Crippen molar-refractivity contribution in [1.82, 2.24) is 4.90 Å². The molecule has 3 rings (SSSR count). The van der Waals surface area contributed by atoms with Crippen LogP contribution in [0, 0.1) is 0 Å². The Bertz CT molecular complexity index is 537. The number of amides is 1. The largest absolute Gasteiger partial charge is 0.490 e. The summed E-state index contributed by atoms with van der Waals surface area (Å²) in [6, 6.07) is 7.59. The van der Waals surface area contributed by atoms with Gasteiger partial charge < -0.3 is 14.4 Å². The highest BCUT2D eigenvalue weighted by Gasteiger charge is 2.38. The molecule has 4 nitrogen and oxygen atoms in total. The molecule has 114 valence electrons. The second-order valence-corrected chi connectivity index (χ2v) is 6.44. The van der Waals surface area contributed by atoms with Crippen LogP contribution in [0.2, 0.25) is 0 Å². The van der Waals surface area contributed by atoms with Gasteiger partial charge in [0.25, 0.3) is 5.91 Å². The van der Waals surface area contributed by atoms with Crippen LogP contribution in [0.15, 0.2) is 24.3 Å². The Labute approximate surface area is 126 Å². The van der Waals surface area contributed by atoms with E-state index in [1.807, 2.05) is 49.9 Å². The molecule has 1 amide bonds. The van der Waals surface area contributed by atoms with Gasteiger partial charge in [-0.25, -0.2) is 0 Å². The van der Waals surface area contributed by atoms with Crippen molar-refractivity contribution in [2.24, 2.45) is 0 Å². The number of rotatable bonds is 3. The lowest BCUT2D eigenvalue weighted by molar-refractivity contribution is -0.109. The highest BCUT2D eigenvalue weighted by atomic mass is 16.5. The number of para-hydroxylation sites is 1. The molecule has 1 aliphatic carbocycles. The van der Waals surface area contributed by atoms with Gasteiger partial charge in [0, 0.05) is 6.54 Å². The van der Waals surface area contributed by atoms with Crippen LogP contribution in [0.25, 0.3) is 0 Å². The molecule has 1 heterocycles. The first kappa shape index (κ1) is 14.4. The predicted molar refractivity (Wildman–Crippen MR) is 80.6 cm³/mol. The minimum atomic E-state index is -0.319. The molecule has 1 saturated carbocycles. The van der Waals surface area contributed by atoms with Crippen LogP contribution in [0.4, 0.5) is 0 Å². The molecule has 1 aliphatic heterocycles. The average Bonchev–Trinajstić information content (AvgIpc) is 3.26. The van der Waals surface area contributed by atoms with Crippen molar-refractivity contribution in [3.05, 3.63) is 29.8 Å². The summed E-state index contributed by atoms with van der Waals surface area (Å²) in [5, 5.41) is 0. The van der Waals surface area contributed by atoms with E-state index in [1.165, 1.54) is 0 Å². The maximum Gasteiger partial charge on any atom is 0.258 e. The van der Waals surface area contributed by atoms with Gasteiger partial charge in [-0.1, -0.05) is 12.1 Å². The summed E-state index contributed by atoms with van der Waals surface area (Å²) in [6.45, 7) is 7.31. The molecule has 0 aromatic heterocycles. The monoisotopic (exact) mass is 289 g/mol. The van der Waals surface area contributed by atoms with Gasteiger partial charge in [0.2, 0.25) is 0 Å². The zero-order valence-corrected chi connectivity index (χ0v) is 13.0. The van der Waals surface area contributed by atoms with E-state index in [9.17, 15) is 4.79 Å². The number of nitrogens with zero attached hydrogens (tertiary/aromatic N) is 1. The average molecular weight is 289 g/mol. The summed E-state index contributed by atoms with van der Waals surface area (Å²) in [4.78, 5) is 14.8. The van der Waals surface area contributed by atoms with Crippen LogP contribution < -0.4 is 4.74 Å². The fourth-order valence-electron chi connectivity index (χ4n) is 2.64. The fourth-order valence-corrected chi connectivity index (χ4v) is 2.64. The molecule has 2 fully saturated rings. The predicted octanol–water partition coefficient (Wildman–Crippen LogP) is 2.87. The van der Waals surface area contributed by atoms with Gasteiger partial charge in [0.05, 0.1) is 29.9 Å². The van der Waals surface area contributed by atoms with E-state index in [4.69, 9.17) is 9.47 Å². The Morgan fingerprint density at radius 2 is 2.05 bits per heavy atom. The van der Waals surface area contributed by atoms with Crippen molar-refractivity contribution < 1.29 is 14.3 Å². The van der Waals surface area contributed by atoms with Crippen molar-refractivity contribution in [3.63, 3.8) is 0 Å². The smallest absolute Gasteiger partial charge is 0.258 e. The second kappa shape index (κ2) is 5.34. The van der Waals surface area contributed by atoms with Gasteiger partial charge in [-0.05, 0) is 45.7 Å². The van der Waals surface area contributed by atoms with Crippen LogP contribution in [0.1, 0.15) is 44.0 Å². The molecule has 1 saturated heterocycles. The highest BCUT2D eigenvalue weighted by molar-refractivity contribution is 5.97. The molecule has 0 radical (unpaired) electrons. The molecule has 0 bridgehead atoms. The first-order chi connectivity index (χ1) is 9.99. The van der Waals surface area contributed by atoms with Gasteiger partial charge >= 0.3 is 0 Å². The SMILES string of the molecule is CC1N(C(=O)c2ccccc2OC2CC2)CCOC1(C)C. The van der Waals surface area contributed by atoms with Crippen LogP contribution in [0.3, 0.4) is 0 Å². The Hall–Kier alpha value is -1.55. The fraction of sp³-hybridized carbons (Fsp3) is 0.588. The lowest BCUT2D eigenvalue weighted by Gasteiger charge is -2.44. The normalized spacial score (nSPS) is 24.7. The Kier molecular flexibility index (Phi) is 3.66. The first-order valence-corrected chi connectivity index (χ1v) is 7.69. The van der Waals surface area contributed by atoms with E-state index in [0.29, 0.717) is 24.5 Å². The number of carbonyl (C=O) groups excluding carboxylic acids is 1. The van der Waals surface area contributed by atoms with Gasteiger partial charge in [0.15, 0.2) is 0 Å². The van der Waals surface area contributed by atoms with Crippen LogP contribution in [-0.4, -0.2) is 41.7 Å². The highest BCUT2D eigenvalue weighted by Crippen LogP contribution is 2.31. The van der Waals surface area contributed by atoms with E-state index >= 15 is 0 Å². The van der Waals surface area contributed by atoms with Crippen LogP contribution in [0.5, 0.6) is 5.75 Å². The van der Waals surface area contributed by atoms with Crippen LogP contribution >= 0.6 is 0 Å². The van der Waals surface area contributed by atoms with Crippen molar-refractivity contribution in [2.45, 2.75) is 51.4 Å². The minimum absolute atomic E-state index is 0.0349. The van der Waals surface area contributed by atoms with Crippen molar-refractivity contribution in [2.75, 3.05) is 13.2 Å². The molecular weight excluding hydrogens is 266 g/mol. The van der Waals surface area contributed by atoms with Crippen molar-refractivity contribution in [1.29, 1.82) is 0 Å². The third-order valence-electron chi connectivity index (χ3n) is 4.48. The Balaban J connectivity index is 1.84. The quantitative estimate of drug-likeness (QED) is 0.859. The van der Waals surface area contributed by atoms with Gasteiger partial charge in [0.1, 0.15) is 5.75 Å². The van der Waals surface area contributed by atoms with E-state index in [2.05, 4.69) is 0 Å². The Morgan fingerprint density at radius 3 is 2.76 bits per heavy atom. The third kappa shape index (κ3) is 2.91. The first-order valence-electron chi connectivity index (χ1n) is 7.69. The van der Waals surface area contributed by atoms with Crippen molar-refractivity contribution in [3.8, 4) is 5.75 Å². The molecule has 2 aliphatic rings. The second-order valence-electron chi connectivity index (χ2n) is 6.44. The summed E-state index contributed by atoms with van der Waals surface area (Å²) >= 11 is 0. The van der Waals surface area contributed by atoms with E-state index in [-0.39, 0.29) is 23.7 Å². The number of morpholine rings is 1. The molecule has 4 heteroatoms. The zero-order chi connectivity index (χ0) is 15.0. The van der Waals surface area contributed by atoms with Gasteiger partial charge in [-0.15, -0.1) is 0 Å². The number of hydrogen-bond donors (Lipinski definition) is 0.